The van der Waals surface area contributed by atoms with Gasteiger partial charge in [0.25, 0.3) is 0 Å². The fourth-order valence-corrected chi connectivity index (χ4v) is 3.52. The van der Waals surface area contributed by atoms with E-state index < -0.39 is 0 Å². The van der Waals surface area contributed by atoms with Crippen molar-refractivity contribution < 1.29 is 0 Å². The van der Waals surface area contributed by atoms with Crippen molar-refractivity contribution in [1.82, 2.24) is 4.98 Å². The molecule has 1 aliphatic carbocycles. The van der Waals surface area contributed by atoms with Crippen LogP contribution < -0.4 is 16.8 Å². The maximum absolute atomic E-state index is 7.16. The van der Waals surface area contributed by atoms with E-state index in [1.807, 2.05) is 13.0 Å². The van der Waals surface area contributed by atoms with E-state index in [2.05, 4.69) is 10.3 Å². The Morgan fingerprint density at radius 3 is 3.00 bits per heavy atom. The molecule has 0 spiro atoms. The molecule has 6 heteroatoms. The van der Waals surface area contributed by atoms with Gasteiger partial charge in [-0.3, -0.25) is 0 Å². The lowest BCUT2D eigenvalue weighted by Crippen LogP contribution is -2.04. The lowest BCUT2D eigenvalue weighted by molar-refractivity contribution is 0.890. The highest BCUT2D eigenvalue weighted by atomic mass is 32.1. The molecular weight excluding hydrogens is 282 g/mol. The average Bonchev–Trinajstić information content (AvgIpc) is 3.21. The Labute approximate surface area is 127 Å². The standard InChI is InChI=1S/C15H19N5S/c1-8-13-15(21-14(8)10(17)4-5-16)11(6-12(18)20-13)19-7-9-2-3-9/h4-6,9,16H,2-3,7,17H2,1H3,(H3,18,19,20). The van der Waals surface area contributed by atoms with Crippen molar-refractivity contribution in [1.29, 1.82) is 5.41 Å². The Morgan fingerprint density at radius 2 is 2.33 bits per heavy atom. The summed E-state index contributed by atoms with van der Waals surface area (Å²) in [7, 11) is 0. The van der Waals surface area contributed by atoms with Crippen molar-refractivity contribution >= 4 is 45.0 Å². The molecule has 0 bridgehead atoms. The smallest absolute Gasteiger partial charge is 0.126 e. The lowest BCUT2D eigenvalue weighted by Gasteiger charge is -2.07. The maximum atomic E-state index is 7.16. The van der Waals surface area contributed by atoms with Crippen LogP contribution in [0.15, 0.2) is 12.1 Å². The summed E-state index contributed by atoms with van der Waals surface area (Å²) in [5.41, 5.74) is 15.5. The van der Waals surface area contributed by atoms with Crippen molar-refractivity contribution in [2.24, 2.45) is 11.7 Å². The van der Waals surface area contributed by atoms with Gasteiger partial charge in [-0.2, -0.15) is 0 Å². The van der Waals surface area contributed by atoms with Crippen LogP contribution in [0.25, 0.3) is 15.9 Å². The van der Waals surface area contributed by atoms with E-state index in [1.165, 1.54) is 19.1 Å². The number of hydrogen-bond acceptors (Lipinski definition) is 6. The van der Waals surface area contributed by atoms with Gasteiger partial charge in [0.1, 0.15) is 5.82 Å². The number of rotatable bonds is 5. The normalized spacial score (nSPS) is 15.4. The molecular formula is C15H19N5S. The van der Waals surface area contributed by atoms with Crippen molar-refractivity contribution in [3.63, 3.8) is 0 Å². The molecule has 21 heavy (non-hydrogen) atoms. The molecule has 1 saturated carbocycles. The number of aromatic nitrogens is 1. The summed E-state index contributed by atoms with van der Waals surface area (Å²) in [6.45, 7) is 2.98. The van der Waals surface area contributed by atoms with Crippen LogP contribution in [-0.2, 0) is 0 Å². The van der Waals surface area contributed by atoms with Crippen molar-refractivity contribution in [2.75, 3.05) is 17.6 Å². The van der Waals surface area contributed by atoms with E-state index in [1.54, 1.807) is 17.4 Å². The predicted octanol–water partition coefficient (Wildman–Crippen LogP) is 2.96. The predicted molar refractivity (Wildman–Crippen MR) is 90.9 cm³/mol. The van der Waals surface area contributed by atoms with Crippen LogP contribution in [0.5, 0.6) is 0 Å². The van der Waals surface area contributed by atoms with Crippen LogP contribution in [0, 0.1) is 18.3 Å². The molecule has 0 amide bonds. The van der Waals surface area contributed by atoms with Gasteiger partial charge >= 0.3 is 0 Å². The average molecular weight is 301 g/mol. The number of thiophene rings is 1. The monoisotopic (exact) mass is 301 g/mol. The number of hydrogen-bond donors (Lipinski definition) is 4. The molecule has 1 aliphatic rings. The minimum atomic E-state index is 0.517. The van der Waals surface area contributed by atoms with Gasteiger partial charge in [0, 0.05) is 18.8 Å². The van der Waals surface area contributed by atoms with Crippen LogP contribution in [0.3, 0.4) is 0 Å². The molecule has 2 heterocycles. The highest BCUT2D eigenvalue weighted by Gasteiger charge is 2.22. The van der Waals surface area contributed by atoms with Gasteiger partial charge in [-0.05, 0) is 37.3 Å². The van der Waals surface area contributed by atoms with Gasteiger partial charge in [-0.25, -0.2) is 4.98 Å². The molecule has 0 unspecified atom stereocenters. The second kappa shape index (κ2) is 5.37. The zero-order chi connectivity index (χ0) is 15.0. The summed E-state index contributed by atoms with van der Waals surface area (Å²) in [5.74, 6) is 1.31. The van der Waals surface area contributed by atoms with Crippen molar-refractivity contribution in [2.45, 2.75) is 19.8 Å². The fraction of sp³-hybridized carbons (Fsp3) is 0.333. The highest BCUT2D eigenvalue weighted by Crippen LogP contribution is 2.38. The van der Waals surface area contributed by atoms with Gasteiger partial charge < -0.3 is 22.2 Å². The number of nitrogens with two attached hydrogens (primary N) is 2. The Kier molecular flexibility index (Phi) is 3.55. The summed E-state index contributed by atoms with van der Waals surface area (Å²) < 4.78 is 1.08. The molecule has 0 aromatic carbocycles. The largest absolute Gasteiger partial charge is 0.398 e. The molecule has 0 saturated heterocycles. The van der Waals surface area contributed by atoms with E-state index in [0.29, 0.717) is 11.5 Å². The molecule has 1 fully saturated rings. The van der Waals surface area contributed by atoms with Gasteiger partial charge in [-0.1, -0.05) is 0 Å². The summed E-state index contributed by atoms with van der Waals surface area (Å²) >= 11 is 1.60. The Bertz CT molecular complexity index is 727. The zero-order valence-electron chi connectivity index (χ0n) is 11.9. The molecule has 2 aromatic heterocycles. The first kappa shape index (κ1) is 13.9. The SMILES string of the molecule is Cc1c(C(N)=CC=N)sc2c(NCC3CC3)cc(N)nc12. The van der Waals surface area contributed by atoms with Gasteiger partial charge in [0.05, 0.1) is 26.5 Å². The van der Waals surface area contributed by atoms with E-state index in [4.69, 9.17) is 16.9 Å². The van der Waals surface area contributed by atoms with Crippen LogP contribution >= 0.6 is 11.3 Å². The second-order valence-electron chi connectivity index (χ2n) is 5.44. The first-order valence-electron chi connectivity index (χ1n) is 7.00. The molecule has 3 rings (SSSR count). The molecule has 0 radical (unpaired) electrons. The third-order valence-corrected chi connectivity index (χ3v) is 5.06. The van der Waals surface area contributed by atoms with Crippen molar-refractivity contribution in [3.8, 4) is 0 Å². The molecule has 110 valence electrons. The van der Waals surface area contributed by atoms with Gasteiger partial charge in [0.2, 0.25) is 0 Å². The maximum Gasteiger partial charge on any atom is 0.126 e. The summed E-state index contributed by atoms with van der Waals surface area (Å²) in [5, 5.41) is 10.6. The minimum absolute atomic E-state index is 0.517. The van der Waals surface area contributed by atoms with Crippen LogP contribution in [0.4, 0.5) is 11.5 Å². The summed E-state index contributed by atoms with van der Waals surface area (Å²) in [6.07, 6.45) is 5.41. The topological polar surface area (TPSA) is 101 Å². The first-order chi connectivity index (χ1) is 10.1. The van der Waals surface area contributed by atoms with Crippen LogP contribution in [-0.4, -0.2) is 17.7 Å². The third kappa shape index (κ3) is 2.71. The van der Waals surface area contributed by atoms with E-state index in [0.717, 1.165) is 38.8 Å². The van der Waals surface area contributed by atoms with Crippen LogP contribution in [0.1, 0.15) is 23.3 Å². The highest BCUT2D eigenvalue weighted by molar-refractivity contribution is 7.20. The molecule has 0 aliphatic heterocycles. The first-order valence-corrected chi connectivity index (χ1v) is 7.82. The molecule has 0 atom stereocenters. The second-order valence-corrected chi connectivity index (χ2v) is 6.46. The number of anilines is 2. The van der Waals surface area contributed by atoms with Crippen molar-refractivity contribution in [3.05, 3.63) is 22.6 Å². The number of fused-ring (bicyclic) bond motifs is 1. The summed E-state index contributed by atoms with van der Waals surface area (Å²) in [4.78, 5) is 5.41. The number of aryl methyl sites for hydroxylation is 1. The molecule has 5 nitrogen and oxygen atoms in total. The number of pyridine rings is 1. The summed E-state index contributed by atoms with van der Waals surface area (Å²) in [6, 6.07) is 1.89. The Hall–Kier alpha value is -2.08. The zero-order valence-corrected chi connectivity index (χ0v) is 12.8. The fourth-order valence-electron chi connectivity index (χ4n) is 2.35. The van der Waals surface area contributed by atoms with E-state index in [9.17, 15) is 0 Å². The quantitative estimate of drug-likeness (QED) is 0.638. The molecule has 6 N–H and O–H groups in total. The Balaban J connectivity index is 2.08. The number of nitrogens with one attached hydrogen (secondary N) is 2. The van der Waals surface area contributed by atoms with E-state index in [-0.39, 0.29) is 0 Å². The van der Waals surface area contributed by atoms with E-state index >= 15 is 0 Å². The minimum Gasteiger partial charge on any atom is -0.398 e. The lowest BCUT2D eigenvalue weighted by atomic mass is 10.2. The molecule has 2 aromatic rings. The number of nitrogen functional groups attached to an aromatic ring is 1. The number of nitrogens with zero attached hydrogens (tertiary/aromatic N) is 1. The Morgan fingerprint density at radius 1 is 1.57 bits per heavy atom. The third-order valence-electron chi connectivity index (χ3n) is 3.70. The van der Waals surface area contributed by atoms with Gasteiger partial charge in [-0.15, -0.1) is 11.3 Å². The van der Waals surface area contributed by atoms with Crippen LogP contribution in [0.2, 0.25) is 0 Å². The van der Waals surface area contributed by atoms with Gasteiger partial charge in [0.15, 0.2) is 0 Å². The number of allylic oxidation sites excluding steroid dienone is 1.